The fourth-order valence-corrected chi connectivity index (χ4v) is 1.38. The summed E-state index contributed by atoms with van der Waals surface area (Å²) < 4.78 is 0. The molecule has 1 aromatic carbocycles. The highest BCUT2D eigenvalue weighted by Gasteiger charge is 2.16. The number of aromatic hydroxyl groups is 1. The molecule has 0 radical (unpaired) electrons. The molecule has 0 aromatic heterocycles. The van der Waals surface area contributed by atoms with E-state index in [9.17, 15) is 9.59 Å². The van der Waals surface area contributed by atoms with Crippen LogP contribution in [0, 0.1) is 0 Å². The van der Waals surface area contributed by atoms with E-state index in [-0.39, 0.29) is 18.1 Å². The van der Waals surface area contributed by atoms with Gasteiger partial charge in [0.05, 0.1) is 12.5 Å². The maximum absolute atomic E-state index is 10.9. The van der Waals surface area contributed by atoms with Crippen LogP contribution in [0.1, 0.15) is 24.9 Å². The van der Waals surface area contributed by atoms with Crippen LogP contribution in [0.15, 0.2) is 24.3 Å². The van der Waals surface area contributed by atoms with Crippen molar-refractivity contribution in [3.8, 4) is 5.75 Å². The first-order valence-corrected chi connectivity index (χ1v) is 4.77. The number of amides is 1. The number of carboxylic acids is 1. The Bertz CT molecular complexity index is 369. The van der Waals surface area contributed by atoms with E-state index < -0.39 is 12.0 Å². The van der Waals surface area contributed by atoms with Gasteiger partial charge in [0, 0.05) is 6.92 Å². The maximum Gasteiger partial charge on any atom is 0.305 e. The molecular formula is C11H13NO4. The van der Waals surface area contributed by atoms with Crippen LogP contribution in [0.5, 0.6) is 5.75 Å². The third kappa shape index (κ3) is 3.61. The van der Waals surface area contributed by atoms with Crippen LogP contribution in [0.25, 0.3) is 0 Å². The summed E-state index contributed by atoms with van der Waals surface area (Å²) in [5.74, 6) is -1.19. The topological polar surface area (TPSA) is 86.6 Å². The number of rotatable bonds is 4. The summed E-state index contributed by atoms with van der Waals surface area (Å²) in [7, 11) is 0. The van der Waals surface area contributed by atoms with Crippen LogP contribution in [0.3, 0.4) is 0 Å². The first-order valence-electron chi connectivity index (χ1n) is 4.77. The van der Waals surface area contributed by atoms with E-state index in [1.165, 1.54) is 19.1 Å². The minimum atomic E-state index is -0.994. The lowest BCUT2D eigenvalue weighted by Gasteiger charge is -2.16. The number of phenolic OH excluding ortho intramolecular Hbond substituents is 1. The smallest absolute Gasteiger partial charge is 0.305 e. The molecule has 3 N–H and O–H groups in total. The van der Waals surface area contributed by atoms with Gasteiger partial charge in [-0.2, -0.15) is 0 Å². The van der Waals surface area contributed by atoms with Gasteiger partial charge in [-0.05, 0) is 17.7 Å². The summed E-state index contributed by atoms with van der Waals surface area (Å²) in [5.41, 5.74) is 0.649. The van der Waals surface area contributed by atoms with E-state index in [1.807, 2.05) is 0 Å². The second-order valence-electron chi connectivity index (χ2n) is 3.44. The first-order chi connectivity index (χ1) is 7.49. The molecule has 86 valence electrons. The Labute approximate surface area is 92.7 Å². The van der Waals surface area contributed by atoms with Crippen molar-refractivity contribution in [1.29, 1.82) is 0 Å². The molecule has 0 fully saturated rings. The molecule has 0 aliphatic rings. The molecule has 0 aliphatic carbocycles. The predicted molar refractivity (Wildman–Crippen MR) is 56.9 cm³/mol. The number of hydrogen-bond donors (Lipinski definition) is 3. The maximum atomic E-state index is 10.9. The second kappa shape index (κ2) is 5.16. The monoisotopic (exact) mass is 223 g/mol. The van der Waals surface area contributed by atoms with Gasteiger partial charge in [0.15, 0.2) is 0 Å². The molecule has 0 heterocycles. The Morgan fingerprint density at radius 3 is 2.31 bits per heavy atom. The van der Waals surface area contributed by atoms with Gasteiger partial charge >= 0.3 is 5.97 Å². The van der Waals surface area contributed by atoms with Gasteiger partial charge in [-0.25, -0.2) is 0 Å². The van der Waals surface area contributed by atoms with Gasteiger partial charge < -0.3 is 15.5 Å². The number of hydrogen-bond acceptors (Lipinski definition) is 3. The normalized spacial score (nSPS) is 11.8. The lowest BCUT2D eigenvalue weighted by molar-refractivity contribution is -0.137. The molecule has 0 saturated carbocycles. The average Bonchev–Trinajstić information content (AvgIpc) is 2.16. The van der Waals surface area contributed by atoms with Crippen molar-refractivity contribution in [2.75, 3.05) is 0 Å². The van der Waals surface area contributed by atoms with E-state index >= 15 is 0 Å². The van der Waals surface area contributed by atoms with Gasteiger partial charge in [-0.1, -0.05) is 12.1 Å². The van der Waals surface area contributed by atoms with Gasteiger partial charge in [0.1, 0.15) is 5.75 Å². The lowest BCUT2D eigenvalue weighted by Crippen LogP contribution is -2.27. The molecule has 5 heteroatoms. The highest BCUT2D eigenvalue weighted by molar-refractivity contribution is 5.75. The third-order valence-corrected chi connectivity index (χ3v) is 2.05. The van der Waals surface area contributed by atoms with Crippen LogP contribution in [-0.4, -0.2) is 22.1 Å². The predicted octanol–water partition coefficient (Wildman–Crippen LogP) is 1.04. The average molecular weight is 223 g/mol. The summed E-state index contributed by atoms with van der Waals surface area (Å²) in [4.78, 5) is 21.6. The largest absolute Gasteiger partial charge is 0.508 e. The fourth-order valence-electron chi connectivity index (χ4n) is 1.38. The molecule has 0 unspecified atom stereocenters. The molecule has 5 nitrogen and oxygen atoms in total. The lowest BCUT2D eigenvalue weighted by atomic mass is 10.0. The van der Waals surface area contributed by atoms with E-state index in [1.54, 1.807) is 12.1 Å². The van der Waals surface area contributed by atoms with Crippen LogP contribution in [0.2, 0.25) is 0 Å². The van der Waals surface area contributed by atoms with E-state index in [0.29, 0.717) is 5.56 Å². The Morgan fingerprint density at radius 1 is 1.31 bits per heavy atom. The van der Waals surface area contributed by atoms with Crippen molar-refractivity contribution in [3.63, 3.8) is 0 Å². The van der Waals surface area contributed by atoms with E-state index in [0.717, 1.165) is 0 Å². The standard InChI is InChI=1S/C11H13NO4/c1-7(13)12-10(6-11(15)16)8-2-4-9(14)5-3-8/h2-5,10,14H,6H2,1H3,(H,12,13)(H,15,16)/t10-/m0/s1. The summed E-state index contributed by atoms with van der Waals surface area (Å²) in [6.07, 6.45) is -0.190. The molecule has 0 aliphatic heterocycles. The highest BCUT2D eigenvalue weighted by atomic mass is 16.4. The molecule has 1 rings (SSSR count). The molecule has 1 atom stereocenters. The van der Waals surface area contributed by atoms with Gasteiger partial charge in [-0.3, -0.25) is 9.59 Å². The zero-order chi connectivity index (χ0) is 12.1. The molecule has 16 heavy (non-hydrogen) atoms. The number of carboxylic acid groups (broad SMARTS) is 1. The van der Waals surface area contributed by atoms with Crippen LogP contribution in [-0.2, 0) is 9.59 Å². The van der Waals surface area contributed by atoms with Crippen molar-refractivity contribution < 1.29 is 19.8 Å². The Hall–Kier alpha value is -2.04. The van der Waals surface area contributed by atoms with Crippen molar-refractivity contribution in [2.45, 2.75) is 19.4 Å². The van der Waals surface area contributed by atoms with Gasteiger partial charge in [0.2, 0.25) is 5.91 Å². The quantitative estimate of drug-likeness (QED) is 0.711. The van der Waals surface area contributed by atoms with Crippen LogP contribution in [0.4, 0.5) is 0 Å². The van der Waals surface area contributed by atoms with Gasteiger partial charge in [0.25, 0.3) is 0 Å². The SMILES string of the molecule is CC(=O)N[C@@H](CC(=O)O)c1ccc(O)cc1. The number of nitrogens with one attached hydrogen (secondary N) is 1. The molecule has 0 bridgehead atoms. The molecule has 0 saturated heterocycles. The Balaban J connectivity index is 2.86. The Kier molecular flexibility index (Phi) is 3.88. The van der Waals surface area contributed by atoms with E-state index in [2.05, 4.69) is 5.32 Å². The first kappa shape index (κ1) is 12.0. The third-order valence-electron chi connectivity index (χ3n) is 2.05. The van der Waals surface area contributed by atoms with Crippen molar-refractivity contribution in [2.24, 2.45) is 0 Å². The number of benzene rings is 1. The molecule has 1 amide bonds. The molecule has 0 spiro atoms. The summed E-state index contributed by atoms with van der Waals surface area (Å²) in [5, 5.41) is 20.4. The highest BCUT2D eigenvalue weighted by Crippen LogP contribution is 2.19. The van der Waals surface area contributed by atoms with E-state index in [4.69, 9.17) is 10.2 Å². The van der Waals surface area contributed by atoms with Gasteiger partial charge in [-0.15, -0.1) is 0 Å². The summed E-state index contributed by atoms with van der Waals surface area (Å²) in [6.45, 7) is 1.33. The minimum Gasteiger partial charge on any atom is -0.508 e. The summed E-state index contributed by atoms with van der Waals surface area (Å²) in [6, 6.07) is 5.49. The van der Waals surface area contributed by atoms with Crippen molar-refractivity contribution in [3.05, 3.63) is 29.8 Å². The number of phenols is 1. The van der Waals surface area contributed by atoms with Crippen molar-refractivity contribution in [1.82, 2.24) is 5.32 Å². The minimum absolute atomic E-state index is 0.0978. The summed E-state index contributed by atoms with van der Waals surface area (Å²) >= 11 is 0. The number of carbonyl (C=O) groups excluding carboxylic acids is 1. The fraction of sp³-hybridized carbons (Fsp3) is 0.273. The number of carbonyl (C=O) groups is 2. The van der Waals surface area contributed by atoms with Crippen LogP contribution < -0.4 is 5.32 Å². The van der Waals surface area contributed by atoms with Crippen LogP contribution >= 0.6 is 0 Å². The van der Waals surface area contributed by atoms with Crippen molar-refractivity contribution >= 4 is 11.9 Å². The number of aliphatic carboxylic acids is 1. The Morgan fingerprint density at radius 2 is 1.88 bits per heavy atom. The zero-order valence-electron chi connectivity index (χ0n) is 8.80. The zero-order valence-corrected chi connectivity index (χ0v) is 8.80. The second-order valence-corrected chi connectivity index (χ2v) is 3.44. The molecule has 1 aromatic rings. The molecular weight excluding hydrogens is 210 g/mol.